The number of hydrogen-bond acceptors (Lipinski definition) is 3. The highest BCUT2D eigenvalue weighted by molar-refractivity contribution is 6.29. The average molecular weight is 690 g/mol. The zero-order valence-electron chi connectivity index (χ0n) is 29.1. The Morgan fingerprint density at radius 1 is 0.315 bits per heavy atom. The fourth-order valence-corrected chi connectivity index (χ4v) is 8.19. The lowest BCUT2D eigenvalue weighted by Crippen LogP contribution is -2.00. The second-order valence-electron chi connectivity index (χ2n) is 13.6. The number of benzene rings is 8. The topological polar surface area (TPSA) is 48.5 Å². The van der Waals surface area contributed by atoms with E-state index in [1.54, 1.807) is 0 Å². The molecule has 11 rings (SSSR count). The van der Waals surface area contributed by atoms with Gasteiger partial charge in [0, 0.05) is 49.6 Å². The van der Waals surface area contributed by atoms with Gasteiger partial charge in [0.25, 0.3) is 0 Å². The van der Waals surface area contributed by atoms with Gasteiger partial charge in [-0.2, -0.15) is 0 Å². The first-order valence-electron chi connectivity index (χ1n) is 18.2. The molecule has 0 bridgehead atoms. The maximum atomic E-state index is 5.05. The normalized spacial score (nSPS) is 11.7. The Morgan fingerprint density at radius 2 is 0.815 bits per heavy atom. The summed E-state index contributed by atoms with van der Waals surface area (Å²) in [6.45, 7) is 0. The second-order valence-corrected chi connectivity index (χ2v) is 13.6. The number of fused-ring (bicyclic) bond motifs is 8. The molecule has 252 valence electrons. The molecule has 0 radical (unpaired) electrons. The number of nitrogens with zero attached hydrogens (tertiary/aromatic N) is 5. The van der Waals surface area contributed by atoms with Crippen molar-refractivity contribution in [3.63, 3.8) is 0 Å². The van der Waals surface area contributed by atoms with E-state index in [2.05, 4.69) is 137 Å². The van der Waals surface area contributed by atoms with Crippen LogP contribution in [0.5, 0.6) is 0 Å². The molecule has 8 aromatic carbocycles. The minimum Gasteiger partial charge on any atom is -0.309 e. The summed E-state index contributed by atoms with van der Waals surface area (Å²) in [5.41, 5.74) is 9.87. The van der Waals surface area contributed by atoms with Crippen LogP contribution in [-0.2, 0) is 0 Å². The van der Waals surface area contributed by atoms with E-state index in [1.165, 1.54) is 43.6 Å². The summed E-state index contributed by atoms with van der Waals surface area (Å²) in [4.78, 5) is 15.0. The molecule has 0 unspecified atom stereocenters. The average Bonchev–Trinajstić information content (AvgIpc) is 3.77. The number of para-hydroxylation sites is 3. The molecule has 0 amide bonds. The van der Waals surface area contributed by atoms with Crippen LogP contribution in [0.2, 0.25) is 0 Å². The number of rotatable bonds is 5. The minimum absolute atomic E-state index is 0.648. The van der Waals surface area contributed by atoms with Crippen molar-refractivity contribution >= 4 is 54.4 Å². The van der Waals surface area contributed by atoms with Gasteiger partial charge < -0.3 is 9.13 Å². The third-order valence-electron chi connectivity index (χ3n) is 10.5. The van der Waals surface area contributed by atoms with Crippen molar-refractivity contribution < 1.29 is 0 Å². The van der Waals surface area contributed by atoms with E-state index in [-0.39, 0.29) is 0 Å². The van der Waals surface area contributed by atoms with Crippen molar-refractivity contribution in [1.82, 2.24) is 24.1 Å². The van der Waals surface area contributed by atoms with Crippen molar-refractivity contribution in [3.05, 3.63) is 188 Å². The molecule has 5 heteroatoms. The van der Waals surface area contributed by atoms with E-state index < -0.39 is 0 Å². The van der Waals surface area contributed by atoms with Gasteiger partial charge in [-0.05, 0) is 59.3 Å². The van der Waals surface area contributed by atoms with Crippen LogP contribution in [0, 0.1) is 0 Å². The maximum Gasteiger partial charge on any atom is 0.164 e. The molecule has 0 atom stereocenters. The maximum absolute atomic E-state index is 5.05. The first kappa shape index (κ1) is 30.3. The number of aromatic nitrogens is 5. The SMILES string of the molecule is c1ccc(-c2nc(-c3ccccc3)nc(-c3cccc4cc(-n5c6ccccc6c6c7c8ccccc8n(-c8ccccc8)c7ccc65)ccc34)n2)cc1. The van der Waals surface area contributed by atoms with Gasteiger partial charge in [-0.15, -0.1) is 0 Å². The Kier molecular flexibility index (Phi) is 6.79. The molecule has 0 fully saturated rings. The Balaban J connectivity index is 1.13. The molecule has 5 nitrogen and oxygen atoms in total. The highest BCUT2D eigenvalue weighted by Crippen LogP contribution is 2.42. The lowest BCUT2D eigenvalue weighted by Gasteiger charge is -2.13. The molecule has 0 aliphatic rings. The highest BCUT2D eigenvalue weighted by Gasteiger charge is 2.21. The van der Waals surface area contributed by atoms with Crippen LogP contribution in [-0.4, -0.2) is 24.1 Å². The van der Waals surface area contributed by atoms with Crippen molar-refractivity contribution in [2.24, 2.45) is 0 Å². The summed E-state index contributed by atoms with van der Waals surface area (Å²) >= 11 is 0. The zero-order chi connectivity index (χ0) is 35.6. The quantitative estimate of drug-likeness (QED) is 0.181. The fraction of sp³-hybridized carbons (Fsp3) is 0. The summed E-state index contributed by atoms with van der Waals surface area (Å²) in [6.07, 6.45) is 0. The third kappa shape index (κ3) is 4.69. The van der Waals surface area contributed by atoms with Gasteiger partial charge in [0.2, 0.25) is 0 Å². The summed E-state index contributed by atoms with van der Waals surface area (Å²) in [5, 5.41) is 7.20. The van der Waals surface area contributed by atoms with Gasteiger partial charge in [-0.25, -0.2) is 15.0 Å². The van der Waals surface area contributed by atoms with Gasteiger partial charge in [-0.3, -0.25) is 0 Å². The fourth-order valence-electron chi connectivity index (χ4n) is 8.19. The van der Waals surface area contributed by atoms with E-state index in [1.807, 2.05) is 60.7 Å². The monoisotopic (exact) mass is 689 g/mol. The van der Waals surface area contributed by atoms with Gasteiger partial charge in [0.15, 0.2) is 17.5 Å². The summed E-state index contributed by atoms with van der Waals surface area (Å²) in [7, 11) is 0. The molecule has 3 heterocycles. The van der Waals surface area contributed by atoms with Crippen molar-refractivity contribution in [2.75, 3.05) is 0 Å². The molecule has 3 aromatic heterocycles. The third-order valence-corrected chi connectivity index (χ3v) is 10.5. The van der Waals surface area contributed by atoms with Crippen LogP contribution in [0.25, 0.3) is 99.9 Å². The Hall–Kier alpha value is -7.37. The van der Waals surface area contributed by atoms with Gasteiger partial charge >= 0.3 is 0 Å². The molecule has 0 saturated heterocycles. The summed E-state index contributed by atoms with van der Waals surface area (Å²) in [6, 6.07) is 66.2. The van der Waals surface area contributed by atoms with Crippen LogP contribution in [0.4, 0.5) is 0 Å². The van der Waals surface area contributed by atoms with Crippen molar-refractivity contribution in [3.8, 4) is 45.5 Å². The van der Waals surface area contributed by atoms with E-state index in [0.29, 0.717) is 17.5 Å². The highest BCUT2D eigenvalue weighted by atomic mass is 15.0. The van der Waals surface area contributed by atoms with Crippen LogP contribution in [0.3, 0.4) is 0 Å². The second kappa shape index (κ2) is 12.1. The Bertz CT molecular complexity index is 3140. The van der Waals surface area contributed by atoms with E-state index in [4.69, 9.17) is 15.0 Å². The summed E-state index contributed by atoms with van der Waals surface area (Å²) < 4.78 is 4.80. The van der Waals surface area contributed by atoms with Crippen LogP contribution in [0.1, 0.15) is 0 Å². The lowest BCUT2D eigenvalue weighted by atomic mass is 10.0. The molecule has 54 heavy (non-hydrogen) atoms. The lowest BCUT2D eigenvalue weighted by molar-refractivity contribution is 1.08. The largest absolute Gasteiger partial charge is 0.309 e. The predicted molar refractivity (Wildman–Crippen MR) is 222 cm³/mol. The molecule has 0 aliphatic heterocycles. The van der Waals surface area contributed by atoms with Gasteiger partial charge in [-0.1, -0.05) is 140 Å². The smallest absolute Gasteiger partial charge is 0.164 e. The van der Waals surface area contributed by atoms with Crippen LogP contribution in [0.15, 0.2) is 188 Å². The predicted octanol–water partition coefficient (Wildman–Crippen LogP) is 12.2. The number of hydrogen-bond donors (Lipinski definition) is 0. The first-order valence-corrected chi connectivity index (χ1v) is 18.2. The van der Waals surface area contributed by atoms with Gasteiger partial charge in [0.05, 0.1) is 22.1 Å². The van der Waals surface area contributed by atoms with Crippen molar-refractivity contribution in [1.29, 1.82) is 0 Å². The van der Waals surface area contributed by atoms with Crippen molar-refractivity contribution in [2.45, 2.75) is 0 Å². The first-order chi connectivity index (χ1) is 26.8. The molecule has 0 N–H and O–H groups in total. The molecular formula is C49H31N5. The molecule has 0 saturated carbocycles. The molecule has 0 aliphatic carbocycles. The van der Waals surface area contributed by atoms with Gasteiger partial charge in [0.1, 0.15) is 0 Å². The van der Waals surface area contributed by atoms with Crippen LogP contribution >= 0.6 is 0 Å². The minimum atomic E-state index is 0.648. The molecule has 0 spiro atoms. The zero-order valence-corrected chi connectivity index (χ0v) is 29.1. The standard InChI is InChI=1S/C49H31N5/c1-4-15-32(16-5-1)47-50-48(33-17-6-2-7-18-33)52-49(51-47)38-24-14-19-34-31-36(27-28-37(34)38)54-42-26-13-11-23-40(42)46-44(54)30-29-43-45(46)39-22-10-12-25-41(39)53(43)35-20-8-3-9-21-35/h1-31H. The Labute approximate surface area is 311 Å². The molecule has 11 aromatic rings. The van der Waals surface area contributed by atoms with E-state index >= 15 is 0 Å². The molecular weight excluding hydrogens is 659 g/mol. The van der Waals surface area contributed by atoms with Crippen LogP contribution < -0.4 is 0 Å². The van der Waals surface area contributed by atoms with E-state index in [0.717, 1.165) is 38.8 Å². The van der Waals surface area contributed by atoms with E-state index in [9.17, 15) is 0 Å². The Morgan fingerprint density at radius 3 is 1.41 bits per heavy atom. The summed E-state index contributed by atoms with van der Waals surface area (Å²) in [5.74, 6) is 1.95.